The number of aryl methyl sites for hydroxylation is 2. The van der Waals surface area contributed by atoms with E-state index < -0.39 is 0 Å². The number of pyridine rings is 1. The molecule has 2 nitrogen and oxygen atoms in total. The van der Waals surface area contributed by atoms with E-state index in [1.165, 1.54) is 0 Å². The van der Waals surface area contributed by atoms with Gasteiger partial charge in [-0.15, -0.1) is 0 Å². The zero-order valence-corrected chi connectivity index (χ0v) is 8.24. The number of aldehydes is 1. The zero-order valence-electron chi connectivity index (χ0n) is 8.24. The van der Waals surface area contributed by atoms with Crippen LogP contribution in [0.4, 0.5) is 0 Å². The topological polar surface area (TPSA) is 30.0 Å². The fourth-order valence-corrected chi connectivity index (χ4v) is 1.69. The van der Waals surface area contributed by atoms with Gasteiger partial charge in [-0.25, -0.2) is 0 Å². The third kappa shape index (κ3) is 1.20. The van der Waals surface area contributed by atoms with Gasteiger partial charge in [0, 0.05) is 22.8 Å². The number of carbonyl (C=O) groups is 1. The van der Waals surface area contributed by atoms with Crippen molar-refractivity contribution >= 4 is 17.1 Å². The molecule has 2 rings (SSSR count). The maximum atomic E-state index is 10.9. The van der Waals surface area contributed by atoms with Gasteiger partial charge in [-0.2, -0.15) is 0 Å². The molecule has 2 aromatic rings. The summed E-state index contributed by atoms with van der Waals surface area (Å²) in [6.07, 6.45) is 2.65. The van der Waals surface area contributed by atoms with Crippen molar-refractivity contribution in [3.05, 3.63) is 41.2 Å². The van der Waals surface area contributed by atoms with Gasteiger partial charge >= 0.3 is 0 Å². The maximum absolute atomic E-state index is 10.9. The number of aromatic nitrogens is 1. The molecule has 1 heterocycles. The second-order valence-corrected chi connectivity index (χ2v) is 3.41. The van der Waals surface area contributed by atoms with Crippen LogP contribution >= 0.6 is 0 Å². The second kappa shape index (κ2) is 3.22. The van der Waals surface area contributed by atoms with Crippen LogP contribution in [0.15, 0.2) is 24.4 Å². The molecule has 0 N–H and O–H groups in total. The molecule has 0 bridgehead atoms. The lowest BCUT2D eigenvalue weighted by Gasteiger charge is -2.05. The van der Waals surface area contributed by atoms with Crippen molar-refractivity contribution in [2.75, 3.05) is 0 Å². The third-order valence-electron chi connectivity index (χ3n) is 2.52. The van der Waals surface area contributed by atoms with Crippen LogP contribution in [-0.2, 0) is 0 Å². The molecule has 0 saturated carbocycles. The molecule has 0 aliphatic rings. The molecule has 14 heavy (non-hydrogen) atoms. The van der Waals surface area contributed by atoms with Crippen LogP contribution in [0, 0.1) is 13.8 Å². The molecule has 0 spiro atoms. The quantitative estimate of drug-likeness (QED) is 0.639. The summed E-state index contributed by atoms with van der Waals surface area (Å²) in [6, 6.07) is 5.86. The Balaban J connectivity index is 2.95. The zero-order chi connectivity index (χ0) is 10.1. The predicted octanol–water partition coefficient (Wildman–Crippen LogP) is 2.66. The van der Waals surface area contributed by atoms with Crippen LogP contribution in [0.1, 0.15) is 21.6 Å². The van der Waals surface area contributed by atoms with Crippen molar-refractivity contribution in [3.8, 4) is 0 Å². The second-order valence-electron chi connectivity index (χ2n) is 3.41. The molecular formula is C12H11NO. The summed E-state index contributed by atoms with van der Waals surface area (Å²) in [7, 11) is 0. The van der Waals surface area contributed by atoms with Gasteiger partial charge in [-0.1, -0.05) is 12.1 Å². The predicted molar refractivity (Wildman–Crippen MR) is 56.6 cm³/mol. The lowest BCUT2D eigenvalue weighted by atomic mass is 10.0. The summed E-state index contributed by atoms with van der Waals surface area (Å²) >= 11 is 0. The maximum Gasteiger partial charge on any atom is 0.150 e. The molecule has 2 heteroatoms. The normalized spacial score (nSPS) is 10.4. The Bertz CT molecular complexity index is 503. The number of hydrogen-bond acceptors (Lipinski definition) is 2. The van der Waals surface area contributed by atoms with Crippen molar-refractivity contribution in [1.29, 1.82) is 0 Å². The van der Waals surface area contributed by atoms with Crippen LogP contribution in [0.3, 0.4) is 0 Å². The fraction of sp³-hybridized carbons (Fsp3) is 0.167. The van der Waals surface area contributed by atoms with E-state index >= 15 is 0 Å². The first-order chi connectivity index (χ1) is 6.74. The van der Waals surface area contributed by atoms with Crippen molar-refractivity contribution in [1.82, 2.24) is 4.98 Å². The average molecular weight is 185 g/mol. The SMILES string of the molecule is Cc1ccc2c(C)nccc2c1C=O. The lowest BCUT2D eigenvalue weighted by Crippen LogP contribution is -1.91. The highest BCUT2D eigenvalue weighted by atomic mass is 16.1. The molecule has 0 radical (unpaired) electrons. The van der Waals surface area contributed by atoms with Gasteiger partial charge in [0.2, 0.25) is 0 Å². The van der Waals surface area contributed by atoms with E-state index in [2.05, 4.69) is 4.98 Å². The van der Waals surface area contributed by atoms with Gasteiger partial charge < -0.3 is 0 Å². The first-order valence-corrected chi connectivity index (χ1v) is 4.54. The van der Waals surface area contributed by atoms with Crippen molar-refractivity contribution in [2.24, 2.45) is 0 Å². The van der Waals surface area contributed by atoms with E-state index in [-0.39, 0.29) is 0 Å². The highest BCUT2D eigenvalue weighted by Crippen LogP contribution is 2.21. The summed E-state index contributed by atoms with van der Waals surface area (Å²) in [4.78, 5) is 15.1. The van der Waals surface area contributed by atoms with E-state index in [1.54, 1.807) is 6.20 Å². The lowest BCUT2D eigenvalue weighted by molar-refractivity contribution is 0.112. The van der Waals surface area contributed by atoms with Crippen LogP contribution in [0.5, 0.6) is 0 Å². The Morgan fingerprint density at radius 1 is 1.14 bits per heavy atom. The summed E-state index contributed by atoms with van der Waals surface area (Å²) in [5, 5.41) is 2.05. The van der Waals surface area contributed by atoms with E-state index in [0.29, 0.717) is 0 Å². The molecule has 0 unspecified atom stereocenters. The highest BCUT2D eigenvalue weighted by molar-refractivity contribution is 6.00. The Morgan fingerprint density at radius 3 is 2.64 bits per heavy atom. The van der Waals surface area contributed by atoms with Gasteiger partial charge in [0.25, 0.3) is 0 Å². The van der Waals surface area contributed by atoms with Gasteiger partial charge in [0.15, 0.2) is 6.29 Å². The van der Waals surface area contributed by atoms with E-state index in [1.807, 2.05) is 32.0 Å². The Labute approximate surface area is 82.6 Å². The molecule has 0 aliphatic carbocycles. The number of nitrogens with zero attached hydrogens (tertiary/aromatic N) is 1. The van der Waals surface area contributed by atoms with E-state index in [4.69, 9.17) is 0 Å². The highest BCUT2D eigenvalue weighted by Gasteiger charge is 2.04. The number of fused-ring (bicyclic) bond motifs is 1. The van der Waals surface area contributed by atoms with Gasteiger partial charge in [-0.05, 0) is 30.9 Å². The molecule has 70 valence electrons. The molecule has 0 aliphatic heterocycles. The molecule has 1 aromatic heterocycles. The summed E-state index contributed by atoms with van der Waals surface area (Å²) in [6.45, 7) is 3.89. The van der Waals surface area contributed by atoms with Crippen LogP contribution in [0.25, 0.3) is 10.8 Å². The minimum Gasteiger partial charge on any atom is -0.298 e. The molecule has 0 amide bonds. The monoisotopic (exact) mass is 185 g/mol. The van der Waals surface area contributed by atoms with Crippen LogP contribution in [0.2, 0.25) is 0 Å². The Hall–Kier alpha value is -1.70. The van der Waals surface area contributed by atoms with Gasteiger partial charge in [0.1, 0.15) is 0 Å². The molecular weight excluding hydrogens is 174 g/mol. The largest absolute Gasteiger partial charge is 0.298 e. The molecule has 1 aromatic carbocycles. The van der Waals surface area contributed by atoms with Crippen molar-refractivity contribution in [2.45, 2.75) is 13.8 Å². The minimum atomic E-state index is 0.771. The van der Waals surface area contributed by atoms with Gasteiger partial charge in [0.05, 0.1) is 0 Å². The summed E-state index contributed by atoms with van der Waals surface area (Å²) < 4.78 is 0. The summed E-state index contributed by atoms with van der Waals surface area (Å²) in [5.41, 5.74) is 2.75. The summed E-state index contributed by atoms with van der Waals surface area (Å²) in [5.74, 6) is 0. The Kier molecular flexibility index (Phi) is 2.04. The van der Waals surface area contributed by atoms with Crippen LogP contribution < -0.4 is 0 Å². The smallest absolute Gasteiger partial charge is 0.150 e. The standard InChI is InChI=1S/C12H11NO/c1-8-3-4-10-9(2)13-6-5-11(10)12(8)7-14/h3-7H,1-2H3. The first-order valence-electron chi connectivity index (χ1n) is 4.54. The van der Waals surface area contributed by atoms with Crippen LogP contribution in [-0.4, -0.2) is 11.3 Å². The number of carbonyl (C=O) groups excluding carboxylic acids is 1. The number of hydrogen-bond donors (Lipinski definition) is 0. The average Bonchev–Trinajstić information content (AvgIpc) is 2.18. The fourth-order valence-electron chi connectivity index (χ4n) is 1.69. The van der Waals surface area contributed by atoms with E-state index in [0.717, 1.165) is 33.9 Å². The molecule has 0 saturated heterocycles. The number of benzene rings is 1. The van der Waals surface area contributed by atoms with Crippen molar-refractivity contribution < 1.29 is 4.79 Å². The third-order valence-corrected chi connectivity index (χ3v) is 2.52. The molecule has 0 atom stereocenters. The Morgan fingerprint density at radius 2 is 1.93 bits per heavy atom. The minimum absolute atomic E-state index is 0.771. The van der Waals surface area contributed by atoms with E-state index in [9.17, 15) is 4.79 Å². The van der Waals surface area contributed by atoms with Crippen molar-refractivity contribution in [3.63, 3.8) is 0 Å². The molecule has 0 fully saturated rings. The van der Waals surface area contributed by atoms with Gasteiger partial charge in [-0.3, -0.25) is 9.78 Å². The first kappa shape index (κ1) is 8.88. The number of rotatable bonds is 1.